The molecular weight excluding hydrogens is 290 g/mol. The number of hydrogen-bond acceptors (Lipinski definition) is 6. The van der Waals surface area contributed by atoms with Crippen molar-refractivity contribution in [2.75, 3.05) is 56.2 Å². The van der Waals surface area contributed by atoms with Gasteiger partial charge >= 0.3 is 0 Å². The second-order valence-corrected chi connectivity index (χ2v) is 6.47. The van der Waals surface area contributed by atoms with Gasteiger partial charge in [-0.2, -0.15) is 0 Å². The highest BCUT2D eigenvalue weighted by Crippen LogP contribution is 2.19. The zero-order valence-corrected chi connectivity index (χ0v) is 14.2. The number of hydrogen-bond donors (Lipinski definition) is 1. The quantitative estimate of drug-likeness (QED) is 0.865. The van der Waals surface area contributed by atoms with Crippen LogP contribution in [0.4, 0.5) is 11.6 Å². The summed E-state index contributed by atoms with van der Waals surface area (Å²) in [5.41, 5.74) is 0. The first-order chi connectivity index (χ1) is 11.3. The average Bonchev–Trinajstić information content (AvgIpc) is 2.62. The molecule has 0 amide bonds. The molecule has 0 saturated carbocycles. The van der Waals surface area contributed by atoms with Gasteiger partial charge in [0.2, 0.25) is 0 Å². The predicted octanol–water partition coefficient (Wildman–Crippen LogP) is 1.99. The van der Waals surface area contributed by atoms with Crippen molar-refractivity contribution < 1.29 is 4.74 Å². The third-order valence-corrected chi connectivity index (χ3v) is 4.76. The van der Waals surface area contributed by atoms with Crippen molar-refractivity contribution in [3.05, 3.63) is 12.4 Å². The van der Waals surface area contributed by atoms with Crippen molar-refractivity contribution in [1.29, 1.82) is 0 Å². The Morgan fingerprint density at radius 3 is 2.70 bits per heavy atom. The highest BCUT2D eigenvalue weighted by molar-refractivity contribution is 5.49. The van der Waals surface area contributed by atoms with Crippen molar-refractivity contribution >= 4 is 11.6 Å². The molecule has 1 N–H and O–H groups in total. The fraction of sp³-hybridized carbons (Fsp3) is 0.765. The lowest BCUT2D eigenvalue weighted by Crippen LogP contribution is -2.39. The molecule has 0 radical (unpaired) electrons. The summed E-state index contributed by atoms with van der Waals surface area (Å²) in [6, 6.07) is 2.61. The van der Waals surface area contributed by atoms with Gasteiger partial charge in [-0.1, -0.05) is 13.3 Å². The van der Waals surface area contributed by atoms with Gasteiger partial charge in [-0.25, -0.2) is 9.97 Å². The van der Waals surface area contributed by atoms with Crippen LogP contribution in [0, 0.1) is 0 Å². The van der Waals surface area contributed by atoms with E-state index in [9.17, 15) is 0 Å². The van der Waals surface area contributed by atoms with E-state index in [-0.39, 0.29) is 0 Å². The van der Waals surface area contributed by atoms with Crippen molar-refractivity contribution in [2.24, 2.45) is 0 Å². The Morgan fingerprint density at radius 2 is 1.96 bits per heavy atom. The number of ether oxygens (including phenoxy) is 1. The van der Waals surface area contributed by atoms with Crippen LogP contribution in [0.2, 0.25) is 0 Å². The van der Waals surface area contributed by atoms with Gasteiger partial charge in [0.25, 0.3) is 0 Å². The Balaban J connectivity index is 1.50. The van der Waals surface area contributed by atoms with Crippen LogP contribution in [0.15, 0.2) is 12.4 Å². The normalized spacial score (nSPS) is 20.7. The molecule has 2 aliphatic heterocycles. The predicted molar refractivity (Wildman–Crippen MR) is 93.1 cm³/mol. The fourth-order valence-electron chi connectivity index (χ4n) is 3.28. The van der Waals surface area contributed by atoms with Gasteiger partial charge in [-0.3, -0.25) is 0 Å². The molecule has 2 saturated heterocycles. The van der Waals surface area contributed by atoms with Gasteiger partial charge in [-0.15, -0.1) is 0 Å². The van der Waals surface area contributed by atoms with E-state index < -0.39 is 0 Å². The number of unbranched alkanes of at least 4 members (excludes halogenated alkanes) is 1. The minimum absolute atomic E-state index is 0.528. The third kappa shape index (κ3) is 4.78. The summed E-state index contributed by atoms with van der Waals surface area (Å²) in [6.07, 6.45) is 6.65. The standard InChI is InChI=1S/C17H29N5O/c1-2-3-6-21-7-4-15(5-8-21)20-16-13-17(19-14-18-16)22-9-11-23-12-10-22/h13-15H,2-12H2,1H3,(H,18,19,20). The van der Waals surface area contributed by atoms with E-state index in [4.69, 9.17) is 4.74 Å². The molecule has 0 aliphatic carbocycles. The molecule has 1 aromatic rings. The molecule has 0 unspecified atom stereocenters. The SMILES string of the molecule is CCCCN1CCC(Nc2cc(N3CCOCC3)ncn2)CC1. The fourth-order valence-corrected chi connectivity index (χ4v) is 3.28. The summed E-state index contributed by atoms with van der Waals surface area (Å²) in [5, 5.41) is 3.60. The largest absolute Gasteiger partial charge is 0.378 e. The lowest BCUT2D eigenvalue weighted by Gasteiger charge is -2.32. The van der Waals surface area contributed by atoms with Crippen molar-refractivity contribution in [1.82, 2.24) is 14.9 Å². The number of aromatic nitrogens is 2. The molecular formula is C17H29N5O. The zero-order chi connectivity index (χ0) is 15.9. The minimum Gasteiger partial charge on any atom is -0.378 e. The van der Waals surface area contributed by atoms with Gasteiger partial charge in [0, 0.05) is 38.3 Å². The summed E-state index contributed by atoms with van der Waals surface area (Å²) in [7, 11) is 0. The highest BCUT2D eigenvalue weighted by atomic mass is 16.5. The molecule has 128 valence electrons. The van der Waals surface area contributed by atoms with Crippen LogP contribution in [0.5, 0.6) is 0 Å². The van der Waals surface area contributed by atoms with Crippen LogP contribution >= 0.6 is 0 Å². The Hall–Kier alpha value is -1.40. The smallest absolute Gasteiger partial charge is 0.134 e. The van der Waals surface area contributed by atoms with Crippen molar-refractivity contribution in [2.45, 2.75) is 38.6 Å². The lowest BCUT2D eigenvalue weighted by molar-refractivity contribution is 0.122. The maximum absolute atomic E-state index is 5.41. The van der Waals surface area contributed by atoms with E-state index >= 15 is 0 Å². The number of morpholine rings is 1. The Kier molecular flexibility index (Phi) is 6.05. The van der Waals surface area contributed by atoms with E-state index in [1.165, 1.54) is 45.3 Å². The van der Waals surface area contributed by atoms with Gasteiger partial charge in [0.1, 0.15) is 18.0 Å². The Morgan fingerprint density at radius 1 is 1.17 bits per heavy atom. The number of likely N-dealkylation sites (tertiary alicyclic amines) is 1. The Labute approximate surface area is 139 Å². The molecule has 1 aromatic heterocycles. The minimum atomic E-state index is 0.528. The molecule has 23 heavy (non-hydrogen) atoms. The highest BCUT2D eigenvalue weighted by Gasteiger charge is 2.19. The van der Waals surface area contributed by atoms with Crippen molar-refractivity contribution in [3.63, 3.8) is 0 Å². The van der Waals surface area contributed by atoms with E-state index in [1.807, 2.05) is 0 Å². The third-order valence-electron chi connectivity index (χ3n) is 4.76. The molecule has 3 heterocycles. The molecule has 0 aromatic carbocycles. The number of nitrogens with zero attached hydrogens (tertiary/aromatic N) is 4. The van der Waals surface area contributed by atoms with E-state index in [2.05, 4.69) is 38.1 Å². The topological polar surface area (TPSA) is 53.5 Å². The number of nitrogens with one attached hydrogen (secondary N) is 1. The maximum Gasteiger partial charge on any atom is 0.134 e. The molecule has 0 atom stereocenters. The molecule has 6 heteroatoms. The second kappa shape index (κ2) is 8.45. The van der Waals surface area contributed by atoms with Crippen LogP contribution in [0.25, 0.3) is 0 Å². The summed E-state index contributed by atoms with van der Waals surface area (Å²) in [5.74, 6) is 1.96. The molecule has 6 nitrogen and oxygen atoms in total. The molecule has 2 fully saturated rings. The summed E-state index contributed by atoms with van der Waals surface area (Å²) in [4.78, 5) is 13.7. The maximum atomic E-state index is 5.41. The number of rotatable bonds is 6. The zero-order valence-electron chi connectivity index (χ0n) is 14.2. The van der Waals surface area contributed by atoms with Gasteiger partial charge in [0.05, 0.1) is 13.2 Å². The van der Waals surface area contributed by atoms with Gasteiger partial charge < -0.3 is 19.9 Å². The first-order valence-electron chi connectivity index (χ1n) is 8.99. The van der Waals surface area contributed by atoms with Crippen LogP contribution in [0.3, 0.4) is 0 Å². The summed E-state index contributed by atoms with van der Waals surface area (Å²) in [6.45, 7) is 9.27. The monoisotopic (exact) mass is 319 g/mol. The molecule has 0 spiro atoms. The second-order valence-electron chi connectivity index (χ2n) is 6.47. The summed E-state index contributed by atoms with van der Waals surface area (Å²) < 4.78 is 5.41. The van der Waals surface area contributed by atoms with Crippen LogP contribution < -0.4 is 10.2 Å². The lowest BCUT2D eigenvalue weighted by atomic mass is 10.0. The molecule has 3 rings (SSSR count). The van der Waals surface area contributed by atoms with Gasteiger partial charge in [-0.05, 0) is 25.8 Å². The van der Waals surface area contributed by atoms with Crippen molar-refractivity contribution in [3.8, 4) is 0 Å². The number of anilines is 2. The first kappa shape index (κ1) is 16.5. The molecule has 0 bridgehead atoms. The molecule has 2 aliphatic rings. The van der Waals surface area contributed by atoms with E-state index in [0.29, 0.717) is 6.04 Å². The summed E-state index contributed by atoms with van der Waals surface area (Å²) >= 11 is 0. The van der Waals surface area contributed by atoms with E-state index in [1.54, 1.807) is 6.33 Å². The van der Waals surface area contributed by atoms with Gasteiger partial charge in [0.15, 0.2) is 0 Å². The van der Waals surface area contributed by atoms with Crippen LogP contribution in [0.1, 0.15) is 32.6 Å². The van der Waals surface area contributed by atoms with E-state index in [0.717, 1.165) is 37.9 Å². The Bertz CT molecular complexity index is 470. The average molecular weight is 319 g/mol. The van der Waals surface area contributed by atoms with Crippen LogP contribution in [-0.2, 0) is 4.74 Å². The first-order valence-corrected chi connectivity index (χ1v) is 8.99. The number of piperidine rings is 1. The van der Waals surface area contributed by atoms with Crippen LogP contribution in [-0.4, -0.2) is 66.8 Å².